The third kappa shape index (κ3) is 2.13. The summed E-state index contributed by atoms with van der Waals surface area (Å²) in [6.07, 6.45) is 9.62. The van der Waals surface area contributed by atoms with Crippen LogP contribution in [-0.4, -0.2) is 18.0 Å². The lowest BCUT2D eigenvalue weighted by atomic mass is 10.1. The SMILES string of the molecule is NC1CCC2=C(C(=O)NC3CCCCCC3)[C@@H]21. The number of nitrogens with one attached hydrogen (secondary N) is 1. The monoisotopic (exact) mass is 234 g/mol. The zero-order valence-corrected chi connectivity index (χ0v) is 10.4. The first-order chi connectivity index (χ1) is 8.27. The zero-order valence-electron chi connectivity index (χ0n) is 10.4. The lowest BCUT2D eigenvalue weighted by Gasteiger charge is -2.16. The molecular weight excluding hydrogens is 212 g/mol. The Kier molecular flexibility index (Phi) is 2.95. The Labute approximate surface area is 103 Å². The maximum absolute atomic E-state index is 12.1. The van der Waals surface area contributed by atoms with Gasteiger partial charge in [0.1, 0.15) is 0 Å². The van der Waals surface area contributed by atoms with Gasteiger partial charge in [0.25, 0.3) is 0 Å². The van der Waals surface area contributed by atoms with Crippen LogP contribution in [0, 0.1) is 5.92 Å². The van der Waals surface area contributed by atoms with E-state index in [0.717, 1.165) is 31.3 Å². The van der Waals surface area contributed by atoms with Crippen molar-refractivity contribution in [2.24, 2.45) is 11.7 Å². The third-order valence-electron chi connectivity index (χ3n) is 4.56. The summed E-state index contributed by atoms with van der Waals surface area (Å²) < 4.78 is 0. The van der Waals surface area contributed by atoms with Crippen LogP contribution in [0.5, 0.6) is 0 Å². The summed E-state index contributed by atoms with van der Waals surface area (Å²) in [5.41, 5.74) is 8.37. The lowest BCUT2D eigenvalue weighted by Crippen LogP contribution is -2.35. The summed E-state index contributed by atoms with van der Waals surface area (Å²) in [6, 6.07) is 0.635. The molecule has 2 fully saturated rings. The molecule has 94 valence electrons. The van der Waals surface area contributed by atoms with Crippen LogP contribution in [0.2, 0.25) is 0 Å². The topological polar surface area (TPSA) is 55.1 Å². The zero-order chi connectivity index (χ0) is 11.8. The number of rotatable bonds is 2. The van der Waals surface area contributed by atoms with Crippen LogP contribution in [0.25, 0.3) is 0 Å². The van der Waals surface area contributed by atoms with Crippen LogP contribution in [0.15, 0.2) is 11.1 Å². The van der Waals surface area contributed by atoms with Crippen LogP contribution >= 0.6 is 0 Å². The second-order valence-electron chi connectivity index (χ2n) is 5.78. The Morgan fingerprint density at radius 2 is 1.82 bits per heavy atom. The first-order valence-corrected chi connectivity index (χ1v) is 7.07. The predicted octanol–water partition coefficient (Wildman–Crippen LogP) is 1.87. The second-order valence-corrected chi connectivity index (χ2v) is 5.78. The van der Waals surface area contributed by atoms with E-state index in [0.29, 0.717) is 12.0 Å². The van der Waals surface area contributed by atoms with Crippen LogP contribution < -0.4 is 11.1 Å². The average molecular weight is 234 g/mol. The van der Waals surface area contributed by atoms with Crippen molar-refractivity contribution in [3.05, 3.63) is 11.1 Å². The molecule has 2 atom stereocenters. The van der Waals surface area contributed by atoms with Crippen molar-refractivity contribution >= 4 is 5.91 Å². The van der Waals surface area contributed by atoms with Gasteiger partial charge in [-0.25, -0.2) is 0 Å². The van der Waals surface area contributed by atoms with E-state index in [2.05, 4.69) is 5.32 Å². The molecule has 0 aromatic carbocycles. The number of hydrogen-bond donors (Lipinski definition) is 2. The summed E-state index contributed by atoms with van der Waals surface area (Å²) in [5, 5.41) is 3.22. The van der Waals surface area contributed by atoms with Gasteiger partial charge in [-0.15, -0.1) is 0 Å². The van der Waals surface area contributed by atoms with E-state index >= 15 is 0 Å². The first kappa shape index (κ1) is 11.3. The van der Waals surface area contributed by atoms with E-state index < -0.39 is 0 Å². The maximum atomic E-state index is 12.1. The number of amides is 1. The Balaban J connectivity index is 1.56. The van der Waals surface area contributed by atoms with Gasteiger partial charge >= 0.3 is 0 Å². The third-order valence-corrected chi connectivity index (χ3v) is 4.56. The molecule has 0 aliphatic heterocycles. The highest BCUT2D eigenvalue weighted by Gasteiger charge is 2.48. The minimum absolute atomic E-state index is 0.187. The van der Waals surface area contributed by atoms with Crippen LogP contribution in [0.3, 0.4) is 0 Å². The van der Waals surface area contributed by atoms with Crippen molar-refractivity contribution in [3.63, 3.8) is 0 Å². The van der Waals surface area contributed by atoms with E-state index in [-0.39, 0.29) is 11.9 Å². The number of carbonyl (C=O) groups excluding carboxylic acids is 1. The van der Waals surface area contributed by atoms with Crippen LogP contribution in [0.4, 0.5) is 0 Å². The number of nitrogens with two attached hydrogens (primary N) is 1. The second kappa shape index (κ2) is 4.45. The van der Waals surface area contributed by atoms with E-state index in [1.165, 1.54) is 31.3 Å². The Hall–Kier alpha value is -0.830. The van der Waals surface area contributed by atoms with Gasteiger partial charge in [0, 0.05) is 23.6 Å². The molecule has 17 heavy (non-hydrogen) atoms. The molecule has 3 nitrogen and oxygen atoms in total. The largest absolute Gasteiger partial charge is 0.350 e. The fraction of sp³-hybridized carbons (Fsp3) is 0.786. The molecule has 0 saturated heterocycles. The lowest BCUT2D eigenvalue weighted by molar-refractivity contribution is -0.118. The summed E-state index contributed by atoms with van der Waals surface area (Å²) in [4.78, 5) is 12.1. The van der Waals surface area contributed by atoms with Crippen molar-refractivity contribution in [3.8, 4) is 0 Å². The molecule has 0 bridgehead atoms. The molecule has 1 unspecified atom stereocenters. The maximum Gasteiger partial charge on any atom is 0.248 e. The molecule has 1 amide bonds. The minimum atomic E-state index is 0.187. The van der Waals surface area contributed by atoms with Crippen LogP contribution in [0.1, 0.15) is 51.4 Å². The van der Waals surface area contributed by atoms with Gasteiger partial charge in [0.05, 0.1) is 0 Å². The van der Waals surface area contributed by atoms with Gasteiger partial charge < -0.3 is 11.1 Å². The van der Waals surface area contributed by atoms with Crippen molar-refractivity contribution < 1.29 is 4.79 Å². The molecular formula is C14H22N2O. The fourth-order valence-electron chi connectivity index (χ4n) is 3.51. The molecule has 3 rings (SSSR count). The van der Waals surface area contributed by atoms with Gasteiger partial charge in [-0.05, 0) is 25.7 Å². The highest BCUT2D eigenvalue weighted by atomic mass is 16.1. The standard InChI is InChI=1S/C14H22N2O/c15-11-8-7-10-12(11)13(10)14(17)16-9-5-3-1-2-4-6-9/h9,11-12H,1-8,15H2,(H,16,17)/t11?,12-/m0/s1. The van der Waals surface area contributed by atoms with Crippen molar-refractivity contribution in [2.75, 3.05) is 0 Å². The molecule has 3 N–H and O–H groups in total. The van der Waals surface area contributed by atoms with E-state index in [1.807, 2.05) is 0 Å². The van der Waals surface area contributed by atoms with Gasteiger partial charge in [-0.2, -0.15) is 0 Å². The molecule has 2 saturated carbocycles. The summed E-state index contributed by atoms with van der Waals surface area (Å²) in [7, 11) is 0. The van der Waals surface area contributed by atoms with Gasteiger partial charge in [0.15, 0.2) is 0 Å². The Bertz CT molecular complexity index is 353. The number of carbonyl (C=O) groups is 1. The van der Waals surface area contributed by atoms with E-state index in [9.17, 15) is 4.79 Å². The van der Waals surface area contributed by atoms with Gasteiger partial charge in [-0.1, -0.05) is 31.3 Å². The quantitative estimate of drug-likeness (QED) is 0.717. The van der Waals surface area contributed by atoms with E-state index in [4.69, 9.17) is 5.73 Å². The highest BCUT2D eigenvalue weighted by Crippen LogP contribution is 2.50. The fourth-order valence-corrected chi connectivity index (χ4v) is 3.51. The molecule has 0 radical (unpaired) electrons. The highest BCUT2D eigenvalue weighted by molar-refractivity contribution is 6.01. The Morgan fingerprint density at radius 1 is 1.12 bits per heavy atom. The molecule has 3 aliphatic rings. The summed E-state index contributed by atoms with van der Waals surface area (Å²) >= 11 is 0. The molecule has 0 aromatic heterocycles. The molecule has 0 heterocycles. The molecule has 3 heteroatoms. The normalized spacial score (nSPS) is 33.2. The molecule has 0 spiro atoms. The van der Waals surface area contributed by atoms with Crippen molar-refractivity contribution in [1.29, 1.82) is 0 Å². The summed E-state index contributed by atoms with van der Waals surface area (Å²) in [6.45, 7) is 0. The van der Waals surface area contributed by atoms with Gasteiger partial charge in [0.2, 0.25) is 5.91 Å². The van der Waals surface area contributed by atoms with Gasteiger partial charge in [-0.3, -0.25) is 4.79 Å². The van der Waals surface area contributed by atoms with E-state index in [1.54, 1.807) is 0 Å². The number of fused-ring (bicyclic) bond motifs is 1. The summed E-state index contributed by atoms with van der Waals surface area (Å²) in [5.74, 6) is 0.535. The molecule has 0 aromatic rings. The average Bonchev–Trinajstić information content (AvgIpc) is 2.99. The van der Waals surface area contributed by atoms with Crippen molar-refractivity contribution in [2.45, 2.75) is 63.5 Å². The number of hydrogen-bond acceptors (Lipinski definition) is 2. The smallest absolute Gasteiger partial charge is 0.248 e. The van der Waals surface area contributed by atoms with Crippen molar-refractivity contribution in [1.82, 2.24) is 5.32 Å². The predicted molar refractivity (Wildman–Crippen MR) is 67.4 cm³/mol. The minimum Gasteiger partial charge on any atom is -0.350 e. The van der Waals surface area contributed by atoms with Crippen LogP contribution in [-0.2, 0) is 4.79 Å². The molecule has 3 aliphatic carbocycles. The first-order valence-electron chi connectivity index (χ1n) is 7.07. The Morgan fingerprint density at radius 3 is 2.41 bits per heavy atom.